The van der Waals surface area contributed by atoms with Crippen molar-refractivity contribution >= 4 is 29.3 Å². The van der Waals surface area contributed by atoms with Gasteiger partial charge in [-0.15, -0.1) is 0 Å². The summed E-state index contributed by atoms with van der Waals surface area (Å²) in [6.07, 6.45) is -4.35. The second kappa shape index (κ2) is 7.85. The lowest BCUT2D eigenvalue weighted by Gasteiger charge is -2.34. The van der Waals surface area contributed by atoms with Gasteiger partial charge in [0.15, 0.2) is 0 Å². The Morgan fingerprint density at radius 1 is 1.19 bits per heavy atom. The lowest BCUT2D eigenvalue weighted by Crippen LogP contribution is -2.47. The number of hydrogen-bond donors (Lipinski definition) is 3. The zero-order valence-electron chi connectivity index (χ0n) is 14.8. The Bertz CT molecular complexity index is 751. The van der Waals surface area contributed by atoms with Crippen LogP contribution in [0, 0.1) is 11.8 Å². The molecule has 1 saturated heterocycles. The minimum atomic E-state index is -4.75. The van der Waals surface area contributed by atoms with Gasteiger partial charge in [-0.2, -0.15) is 13.2 Å². The minimum Gasteiger partial charge on any atom is -0.481 e. The van der Waals surface area contributed by atoms with Crippen molar-refractivity contribution in [3.63, 3.8) is 0 Å². The molecule has 1 heterocycles. The fourth-order valence-electron chi connectivity index (χ4n) is 3.06. The van der Waals surface area contributed by atoms with Gasteiger partial charge >= 0.3 is 18.2 Å². The van der Waals surface area contributed by atoms with Gasteiger partial charge in [0.1, 0.15) is 0 Å². The topological polar surface area (TPSA) is 98.7 Å². The van der Waals surface area contributed by atoms with Crippen LogP contribution in [0.5, 0.6) is 0 Å². The summed E-state index contributed by atoms with van der Waals surface area (Å²) in [5, 5.41) is 13.6. The maximum Gasteiger partial charge on any atom is 0.418 e. The molecule has 0 spiro atoms. The second-order valence-electron chi connectivity index (χ2n) is 6.65. The highest BCUT2D eigenvalue weighted by Gasteiger charge is 2.36. The van der Waals surface area contributed by atoms with E-state index >= 15 is 0 Å². The van der Waals surface area contributed by atoms with Crippen LogP contribution in [0.2, 0.25) is 0 Å². The lowest BCUT2D eigenvalue weighted by atomic mass is 9.91. The first kappa shape index (κ1) is 20.5. The number of carbonyl (C=O) groups is 3. The van der Waals surface area contributed by atoms with E-state index in [0.29, 0.717) is 6.42 Å². The monoisotopic (exact) mass is 387 g/mol. The number of aliphatic carboxylic acids is 1. The number of likely N-dealkylation sites (tertiary alicyclic amines) is 1. The van der Waals surface area contributed by atoms with Crippen molar-refractivity contribution in [3.8, 4) is 0 Å². The number of carbonyl (C=O) groups excluding carboxylic acids is 2. The van der Waals surface area contributed by atoms with Crippen molar-refractivity contribution in [1.82, 2.24) is 4.90 Å². The van der Waals surface area contributed by atoms with E-state index in [0.717, 1.165) is 12.1 Å². The van der Waals surface area contributed by atoms with Crippen molar-refractivity contribution in [2.45, 2.75) is 26.4 Å². The van der Waals surface area contributed by atoms with Gasteiger partial charge in [0, 0.05) is 25.7 Å². The van der Waals surface area contributed by atoms with Gasteiger partial charge in [-0.25, -0.2) is 4.79 Å². The number of rotatable bonds is 3. The summed E-state index contributed by atoms with van der Waals surface area (Å²) in [6, 6.07) is 2.22. The average molecular weight is 387 g/mol. The highest BCUT2D eigenvalue weighted by Crippen LogP contribution is 2.37. The van der Waals surface area contributed by atoms with E-state index in [1.807, 2.05) is 0 Å². The number of nitrogens with one attached hydrogen (secondary N) is 2. The molecule has 27 heavy (non-hydrogen) atoms. The number of carboxylic acids is 1. The number of benzene rings is 1. The van der Waals surface area contributed by atoms with Crippen LogP contribution >= 0.6 is 0 Å². The number of urea groups is 1. The summed E-state index contributed by atoms with van der Waals surface area (Å²) in [6.45, 7) is 3.12. The van der Waals surface area contributed by atoms with Crippen molar-refractivity contribution < 1.29 is 32.7 Å². The molecule has 2 rings (SSSR count). The number of anilines is 2. The molecule has 1 aromatic carbocycles. The molecule has 3 N–H and O–H groups in total. The third kappa shape index (κ3) is 5.35. The molecule has 0 aromatic heterocycles. The molecular formula is C17H20F3N3O4. The number of amides is 3. The fourth-order valence-corrected chi connectivity index (χ4v) is 3.06. The Kier molecular flexibility index (Phi) is 5.97. The molecule has 7 nitrogen and oxygen atoms in total. The summed E-state index contributed by atoms with van der Waals surface area (Å²) >= 11 is 0. The van der Waals surface area contributed by atoms with Gasteiger partial charge in [0.2, 0.25) is 5.91 Å². The highest BCUT2D eigenvalue weighted by molar-refractivity contribution is 5.92. The van der Waals surface area contributed by atoms with E-state index in [1.54, 1.807) is 6.92 Å². The maximum atomic E-state index is 13.3. The summed E-state index contributed by atoms with van der Waals surface area (Å²) in [4.78, 5) is 35.9. The van der Waals surface area contributed by atoms with E-state index in [1.165, 1.54) is 17.9 Å². The van der Waals surface area contributed by atoms with Crippen LogP contribution in [0.1, 0.15) is 25.8 Å². The Labute approximate surface area is 153 Å². The van der Waals surface area contributed by atoms with Crippen LogP contribution in [0.4, 0.5) is 29.3 Å². The normalized spacial score (nSPS) is 20.1. The van der Waals surface area contributed by atoms with Gasteiger partial charge in [0.05, 0.1) is 17.2 Å². The summed E-state index contributed by atoms with van der Waals surface area (Å²) in [5.74, 6) is -2.42. The molecule has 1 aliphatic rings. The summed E-state index contributed by atoms with van der Waals surface area (Å²) in [5.41, 5.74) is -1.63. The molecule has 0 bridgehead atoms. The van der Waals surface area contributed by atoms with Crippen molar-refractivity contribution in [2.75, 3.05) is 23.7 Å². The fraction of sp³-hybridized carbons (Fsp3) is 0.471. The molecular weight excluding hydrogens is 367 g/mol. The second-order valence-corrected chi connectivity index (χ2v) is 6.65. The zero-order chi connectivity index (χ0) is 20.4. The zero-order valence-corrected chi connectivity index (χ0v) is 14.8. The maximum absolute atomic E-state index is 13.3. The molecule has 10 heteroatoms. The molecule has 0 aliphatic carbocycles. The average Bonchev–Trinajstić information content (AvgIpc) is 2.54. The third-order valence-corrected chi connectivity index (χ3v) is 4.18. The van der Waals surface area contributed by atoms with Crippen LogP contribution in [-0.2, 0) is 15.8 Å². The molecule has 1 fully saturated rings. The van der Waals surface area contributed by atoms with Crippen LogP contribution < -0.4 is 10.6 Å². The summed E-state index contributed by atoms with van der Waals surface area (Å²) < 4.78 is 40.0. The first-order chi connectivity index (χ1) is 12.5. The quantitative estimate of drug-likeness (QED) is 0.742. The molecule has 0 radical (unpaired) electrons. The van der Waals surface area contributed by atoms with Crippen LogP contribution in [0.3, 0.4) is 0 Å². The van der Waals surface area contributed by atoms with E-state index in [4.69, 9.17) is 5.11 Å². The van der Waals surface area contributed by atoms with Gasteiger partial charge in [-0.05, 0) is 30.5 Å². The first-order valence-electron chi connectivity index (χ1n) is 8.25. The van der Waals surface area contributed by atoms with Crippen molar-refractivity contribution in [1.29, 1.82) is 0 Å². The van der Waals surface area contributed by atoms with Crippen LogP contribution in [0.25, 0.3) is 0 Å². The molecule has 2 atom stereocenters. The smallest absolute Gasteiger partial charge is 0.418 e. The Balaban J connectivity index is 2.23. The molecule has 3 amide bonds. The predicted molar refractivity (Wildman–Crippen MR) is 91.2 cm³/mol. The first-order valence-corrected chi connectivity index (χ1v) is 8.25. The van der Waals surface area contributed by atoms with Crippen molar-refractivity contribution in [3.05, 3.63) is 23.8 Å². The van der Waals surface area contributed by atoms with E-state index in [-0.39, 0.29) is 24.7 Å². The largest absolute Gasteiger partial charge is 0.481 e. The number of nitrogens with zero attached hydrogens (tertiary/aromatic N) is 1. The van der Waals surface area contributed by atoms with E-state index < -0.39 is 41.3 Å². The number of hydrogen-bond acceptors (Lipinski definition) is 3. The molecule has 0 saturated carbocycles. The van der Waals surface area contributed by atoms with E-state index in [9.17, 15) is 27.6 Å². The summed E-state index contributed by atoms with van der Waals surface area (Å²) in [7, 11) is 0. The molecule has 2 unspecified atom stereocenters. The number of halogens is 3. The predicted octanol–water partition coefficient (Wildman–Crippen LogP) is 3.24. The standard InChI is InChI=1S/C17H20F3N3O4/c1-9-5-11(15(25)26)8-23(7-9)16(27)22-14-4-3-12(21-10(2)24)6-13(14)17(18,19)20/h3-4,6,9,11H,5,7-8H2,1-2H3,(H,21,24)(H,22,27)(H,25,26). The van der Waals surface area contributed by atoms with Crippen LogP contribution in [0.15, 0.2) is 18.2 Å². The van der Waals surface area contributed by atoms with Gasteiger partial charge < -0.3 is 20.6 Å². The highest BCUT2D eigenvalue weighted by atomic mass is 19.4. The van der Waals surface area contributed by atoms with Crippen LogP contribution in [-0.4, -0.2) is 41.0 Å². The van der Waals surface area contributed by atoms with E-state index in [2.05, 4.69) is 10.6 Å². The molecule has 1 aliphatic heterocycles. The lowest BCUT2D eigenvalue weighted by molar-refractivity contribution is -0.143. The van der Waals surface area contributed by atoms with Gasteiger partial charge in [-0.1, -0.05) is 6.92 Å². The number of carboxylic acid groups (broad SMARTS) is 1. The molecule has 1 aromatic rings. The minimum absolute atomic E-state index is 0.0506. The Morgan fingerprint density at radius 3 is 2.41 bits per heavy atom. The third-order valence-electron chi connectivity index (χ3n) is 4.18. The van der Waals surface area contributed by atoms with Gasteiger partial charge in [0.25, 0.3) is 0 Å². The Hall–Kier alpha value is -2.78. The Morgan fingerprint density at radius 2 is 1.85 bits per heavy atom. The number of alkyl halides is 3. The number of piperidine rings is 1. The van der Waals surface area contributed by atoms with Crippen molar-refractivity contribution in [2.24, 2.45) is 11.8 Å². The van der Waals surface area contributed by atoms with Gasteiger partial charge in [-0.3, -0.25) is 9.59 Å². The SMILES string of the molecule is CC(=O)Nc1ccc(NC(=O)N2CC(C)CC(C(=O)O)C2)c(C(F)(F)F)c1. The molecule has 148 valence electrons.